The van der Waals surface area contributed by atoms with E-state index in [9.17, 15) is 19.2 Å². The van der Waals surface area contributed by atoms with Crippen LogP contribution in [0.5, 0.6) is 0 Å². The Hall–Kier alpha value is -1.98. The number of nitrogens with zero attached hydrogens (tertiary/aromatic N) is 1. The molecule has 4 amide bonds. The van der Waals surface area contributed by atoms with Crippen molar-refractivity contribution < 1.29 is 19.2 Å². The highest BCUT2D eigenvalue weighted by atomic mass is 16.2. The lowest BCUT2D eigenvalue weighted by Gasteiger charge is -2.28. The van der Waals surface area contributed by atoms with Crippen LogP contribution in [-0.4, -0.2) is 34.6 Å². The van der Waals surface area contributed by atoms with Crippen LogP contribution in [0.2, 0.25) is 0 Å². The second-order valence-corrected chi connectivity index (χ2v) is 5.17. The van der Waals surface area contributed by atoms with Crippen molar-refractivity contribution in [1.29, 1.82) is 0 Å². The number of allylic oxidation sites excluding steroid dienone is 2. The lowest BCUT2D eigenvalue weighted by molar-refractivity contribution is -0.151. The molecule has 2 aliphatic heterocycles. The maximum absolute atomic E-state index is 12.3. The second-order valence-electron chi connectivity index (χ2n) is 5.17. The van der Waals surface area contributed by atoms with Gasteiger partial charge in [-0.25, -0.2) is 0 Å². The zero-order valence-corrected chi connectivity index (χ0v) is 10.3. The minimum Gasteiger partial charge on any atom is -0.295 e. The molecule has 0 unspecified atom stereocenters. The van der Waals surface area contributed by atoms with E-state index in [4.69, 9.17) is 0 Å². The van der Waals surface area contributed by atoms with Crippen molar-refractivity contribution in [2.24, 2.45) is 11.8 Å². The molecule has 0 aromatic carbocycles. The number of carbonyl (C=O) groups excluding carboxylic acids is 4. The van der Waals surface area contributed by atoms with Gasteiger partial charge in [0.1, 0.15) is 6.04 Å². The Kier molecular flexibility index (Phi) is 2.73. The molecular formula is C13H14N2O4. The van der Waals surface area contributed by atoms with E-state index in [1.165, 1.54) is 0 Å². The van der Waals surface area contributed by atoms with Gasteiger partial charge in [0.15, 0.2) is 0 Å². The van der Waals surface area contributed by atoms with Gasteiger partial charge in [-0.2, -0.15) is 0 Å². The van der Waals surface area contributed by atoms with E-state index in [1.54, 1.807) is 0 Å². The predicted octanol–water partition coefficient (Wildman–Crippen LogP) is -0.257. The van der Waals surface area contributed by atoms with Gasteiger partial charge in [-0.3, -0.25) is 29.4 Å². The summed E-state index contributed by atoms with van der Waals surface area (Å²) < 4.78 is 0. The summed E-state index contributed by atoms with van der Waals surface area (Å²) in [4.78, 5) is 48.6. The Morgan fingerprint density at radius 3 is 2.11 bits per heavy atom. The highest BCUT2D eigenvalue weighted by Crippen LogP contribution is 2.37. The van der Waals surface area contributed by atoms with Crippen molar-refractivity contribution in [2.45, 2.75) is 31.7 Å². The van der Waals surface area contributed by atoms with E-state index in [2.05, 4.69) is 5.32 Å². The first kappa shape index (κ1) is 12.1. The van der Waals surface area contributed by atoms with E-state index in [0.29, 0.717) is 12.8 Å². The topological polar surface area (TPSA) is 83.6 Å². The van der Waals surface area contributed by atoms with Crippen molar-refractivity contribution in [3.05, 3.63) is 12.2 Å². The van der Waals surface area contributed by atoms with Crippen molar-refractivity contribution in [2.75, 3.05) is 0 Å². The third kappa shape index (κ3) is 1.78. The van der Waals surface area contributed by atoms with Gasteiger partial charge in [-0.1, -0.05) is 12.2 Å². The fourth-order valence-corrected chi connectivity index (χ4v) is 3.06. The Labute approximate surface area is 109 Å². The molecular weight excluding hydrogens is 248 g/mol. The fraction of sp³-hybridized carbons (Fsp3) is 0.538. The Morgan fingerprint density at radius 1 is 1.00 bits per heavy atom. The average molecular weight is 262 g/mol. The molecule has 0 spiro atoms. The molecule has 6 nitrogen and oxygen atoms in total. The number of fused-ring (bicyclic) bond motifs is 1. The van der Waals surface area contributed by atoms with Crippen LogP contribution in [0.15, 0.2) is 12.2 Å². The molecule has 3 atom stereocenters. The van der Waals surface area contributed by atoms with Crippen molar-refractivity contribution in [3.63, 3.8) is 0 Å². The molecule has 2 saturated heterocycles. The van der Waals surface area contributed by atoms with E-state index < -0.39 is 11.9 Å². The fourth-order valence-electron chi connectivity index (χ4n) is 3.06. The van der Waals surface area contributed by atoms with Gasteiger partial charge in [-0.15, -0.1) is 0 Å². The van der Waals surface area contributed by atoms with Crippen LogP contribution in [-0.2, 0) is 19.2 Å². The third-order valence-electron chi connectivity index (χ3n) is 4.06. The van der Waals surface area contributed by atoms with Gasteiger partial charge in [0.2, 0.25) is 23.6 Å². The number of rotatable bonds is 1. The zero-order chi connectivity index (χ0) is 13.6. The molecule has 0 bridgehead atoms. The number of likely N-dealkylation sites (tertiary alicyclic amines) is 1. The molecule has 6 heteroatoms. The summed E-state index contributed by atoms with van der Waals surface area (Å²) in [7, 11) is 0. The highest BCUT2D eigenvalue weighted by molar-refractivity contribution is 6.10. The van der Waals surface area contributed by atoms with Gasteiger partial charge in [0.05, 0.1) is 11.8 Å². The molecule has 100 valence electrons. The molecule has 0 aromatic rings. The first-order valence-electron chi connectivity index (χ1n) is 6.45. The lowest BCUT2D eigenvalue weighted by atomic mass is 9.85. The number of amides is 4. The van der Waals surface area contributed by atoms with Crippen LogP contribution in [0, 0.1) is 11.8 Å². The van der Waals surface area contributed by atoms with Gasteiger partial charge < -0.3 is 0 Å². The summed E-state index contributed by atoms with van der Waals surface area (Å²) in [6.45, 7) is 0. The highest BCUT2D eigenvalue weighted by Gasteiger charge is 2.51. The van der Waals surface area contributed by atoms with Gasteiger partial charge in [-0.05, 0) is 19.3 Å². The van der Waals surface area contributed by atoms with E-state index >= 15 is 0 Å². The molecule has 0 radical (unpaired) electrons. The summed E-state index contributed by atoms with van der Waals surface area (Å²) in [5.74, 6) is -2.09. The van der Waals surface area contributed by atoms with Gasteiger partial charge in [0.25, 0.3) is 0 Å². The van der Waals surface area contributed by atoms with Gasteiger partial charge >= 0.3 is 0 Å². The number of hydrogen-bond donors (Lipinski definition) is 1. The second kappa shape index (κ2) is 4.29. The molecule has 3 aliphatic rings. The largest absolute Gasteiger partial charge is 0.295 e. The number of imide groups is 2. The summed E-state index contributed by atoms with van der Waals surface area (Å²) in [5.41, 5.74) is 0. The summed E-state index contributed by atoms with van der Waals surface area (Å²) in [5, 5.41) is 2.19. The minimum absolute atomic E-state index is 0.168. The number of piperidine rings is 1. The number of nitrogens with one attached hydrogen (secondary N) is 1. The van der Waals surface area contributed by atoms with Crippen LogP contribution in [0.1, 0.15) is 25.7 Å². The van der Waals surface area contributed by atoms with Crippen molar-refractivity contribution in [3.8, 4) is 0 Å². The average Bonchev–Trinajstić information content (AvgIpc) is 2.64. The van der Waals surface area contributed by atoms with Crippen LogP contribution in [0.4, 0.5) is 0 Å². The van der Waals surface area contributed by atoms with Crippen LogP contribution in [0.3, 0.4) is 0 Å². The van der Waals surface area contributed by atoms with E-state index in [-0.39, 0.29) is 42.4 Å². The van der Waals surface area contributed by atoms with Crippen LogP contribution >= 0.6 is 0 Å². The Morgan fingerprint density at radius 2 is 1.58 bits per heavy atom. The normalized spacial score (nSPS) is 34.5. The van der Waals surface area contributed by atoms with Gasteiger partial charge in [0, 0.05) is 6.42 Å². The number of carbonyl (C=O) groups is 4. The monoisotopic (exact) mass is 262 g/mol. The molecule has 19 heavy (non-hydrogen) atoms. The summed E-state index contributed by atoms with van der Waals surface area (Å²) in [6, 6.07) is -0.816. The molecule has 3 rings (SSSR count). The van der Waals surface area contributed by atoms with Crippen LogP contribution < -0.4 is 5.32 Å². The van der Waals surface area contributed by atoms with Crippen molar-refractivity contribution >= 4 is 23.6 Å². The first-order valence-corrected chi connectivity index (χ1v) is 6.45. The zero-order valence-electron chi connectivity index (χ0n) is 10.3. The summed E-state index contributed by atoms with van der Waals surface area (Å²) in [6.07, 6.45) is 5.31. The molecule has 2 heterocycles. The molecule has 2 fully saturated rings. The molecule has 1 aliphatic carbocycles. The third-order valence-corrected chi connectivity index (χ3v) is 4.06. The Balaban J connectivity index is 1.85. The lowest BCUT2D eigenvalue weighted by Crippen LogP contribution is -2.54. The number of hydrogen-bond acceptors (Lipinski definition) is 4. The van der Waals surface area contributed by atoms with Crippen LogP contribution in [0.25, 0.3) is 0 Å². The predicted molar refractivity (Wildman–Crippen MR) is 63.4 cm³/mol. The maximum Gasteiger partial charge on any atom is 0.249 e. The maximum atomic E-state index is 12.3. The van der Waals surface area contributed by atoms with E-state index in [0.717, 1.165) is 4.90 Å². The smallest absolute Gasteiger partial charge is 0.249 e. The summed E-state index contributed by atoms with van der Waals surface area (Å²) >= 11 is 0. The van der Waals surface area contributed by atoms with Crippen molar-refractivity contribution in [1.82, 2.24) is 10.2 Å². The molecule has 0 saturated carbocycles. The standard InChI is InChI=1S/C13H14N2O4/c16-10-6-5-9(11(17)14-10)15-12(18)7-3-1-2-4-8(7)13(15)19/h1-2,7-9H,3-6H2,(H,14,16,17)/t7-,8+,9-/m1/s1. The SMILES string of the molecule is O=C1CC[C@@H](N2C(=O)[C@H]3CC=CC[C@H]3C2=O)C(=O)N1. The minimum atomic E-state index is -0.816. The Bertz CT molecular complexity index is 485. The first-order chi connectivity index (χ1) is 9.09. The molecule has 1 N–H and O–H groups in total. The quantitative estimate of drug-likeness (QED) is 0.521. The van der Waals surface area contributed by atoms with E-state index in [1.807, 2.05) is 12.2 Å². The molecule has 0 aromatic heterocycles.